The van der Waals surface area contributed by atoms with Gasteiger partial charge in [0.2, 0.25) is 0 Å². The molecule has 5 N–H and O–H groups in total. The molecule has 2 rings (SSSR count). The number of carbonyl (C=O) groups is 1. The third kappa shape index (κ3) is 2.52. The normalized spacial score (nSPS) is 18.2. The Balaban J connectivity index is 2.10. The number of nitrogen functional groups attached to an aromatic ring is 1. The number of rotatable bonds is 4. The number of nitrogens with one attached hydrogen (secondary N) is 1. The zero-order valence-corrected chi connectivity index (χ0v) is 10.7. The molecule has 0 saturated heterocycles. The molecule has 5 nitrogen and oxygen atoms in total. The third-order valence-corrected chi connectivity index (χ3v) is 4.22. The van der Waals surface area contributed by atoms with Gasteiger partial charge in [-0.15, -0.1) is 0 Å². The molecule has 1 amide bonds. The first-order valence-corrected chi connectivity index (χ1v) is 6.68. The minimum atomic E-state index is -0.516. The van der Waals surface area contributed by atoms with Gasteiger partial charge < -0.3 is 16.8 Å². The maximum Gasteiger partial charge on any atom is 0.255 e. The molecule has 1 unspecified atom stereocenters. The van der Waals surface area contributed by atoms with E-state index in [1.54, 1.807) is 0 Å². The molecule has 1 aromatic rings. The monoisotopic (exact) mass is 254 g/mol. The van der Waals surface area contributed by atoms with Gasteiger partial charge >= 0.3 is 0 Å². The molecule has 17 heavy (non-hydrogen) atoms. The summed E-state index contributed by atoms with van der Waals surface area (Å²) in [5.74, 6) is 0.375. The molecule has 94 valence electrons. The molecule has 1 aliphatic rings. The number of nitrogens with two attached hydrogens (primary N) is 2. The number of hydrogen-bond donors (Lipinski definition) is 3. The molecule has 0 bridgehead atoms. The van der Waals surface area contributed by atoms with Crippen LogP contribution in [0.5, 0.6) is 0 Å². The van der Waals surface area contributed by atoms with Crippen molar-refractivity contribution < 1.29 is 4.79 Å². The van der Waals surface area contributed by atoms with E-state index in [-0.39, 0.29) is 5.82 Å². The van der Waals surface area contributed by atoms with Crippen LogP contribution < -0.4 is 16.8 Å². The molecule has 0 spiro atoms. The maximum absolute atomic E-state index is 11.3. The number of hydrogen-bond acceptors (Lipinski definition) is 5. The van der Waals surface area contributed by atoms with Crippen LogP contribution in [0.25, 0.3) is 0 Å². The fraction of sp³-hybridized carbons (Fsp3) is 0.636. The summed E-state index contributed by atoms with van der Waals surface area (Å²) in [5, 5.41) is 4.03. The van der Waals surface area contributed by atoms with Crippen LogP contribution in [0, 0.1) is 5.92 Å². The summed E-state index contributed by atoms with van der Waals surface area (Å²) in [6.45, 7) is 2.14. The molecule has 1 heterocycles. The fourth-order valence-electron chi connectivity index (χ4n) is 2.42. The summed E-state index contributed by atoms with van der Waals surface area (Å²) >= 11 is 1.20. The lowest BCUT2D eigenvalue weighted by Gasteiger charge is -2.20. The van der Waals surface area contributed by atoms with E-state index in [0.29, 0.717) is 22.5 Å². The van der Waals surface area contributed by atoms with Crippen LogP contribution in [0.3, 0.4) is 0 Å². The molecule has 1 atom stereocenters. The van der Waals surface area contributed by atoms with E-state index < -0.39 is 5.91 Å². The third-order valence-electron chi connectivity index (χ3n) is 3.43. The Morgan fingerprint density at radius 3 is 2.76 bits per heavy atom. The maximum atomic E-state index is 11.3. The first kappa shape index (κ1) is 12.2. The van der Waals surface area contributed by atoms with Crippen molar-refractivity contribution in [3.63, 3.8) is 0 Å². The second-order valence-electron chi connectivity index (χ2n) is 4.61. The van der Waals surface area contributed by atoms with Gasteiger partial charge in [-0.1, -0.05) is 12.8 Å². The van der Waals surface area contributed by atoms with Gasteiger partial charge in [-0.2, -0.15) is 4.37 Å². The first-order valence-electron chi connectivity index (χ1n) is 5.91. The number of nitrogens with zero attached hydrogens (tertiary/aromatic N) is 1. The van der Waals surface area contributed by atoms with Crippen LogP contribution in [0.4, 0.5) is 10.8 Å². The summed E-state index contributed by atoms with van der Waals surface area (Å²) in [6, 6.07) is 0.329. The van der Waals surface area contributed by atoms with E-state index in [9.17, 15) is 4.79 Å². The number of amides is 1. The second-order valence-corrected chi connectivity index (χ2v) is 5.39. The zero-order chi connectivity index (χ0) is 12.4. The second kappa shape index (κ2) is 4.91. The van der Waals surface area contributed by atoms with Gasteiger partial charge in [-0.05, 0) is 37.2 Å². The minimum absolute atomic E-state index is 0.226. The Kier molecular flexibility index (Phi) is 3.51. The quantitative estimate of drug-likeness (QED) is 0.763. The molecule has 0 aromatic carbocycles. The van der Waals surface area contributed by atoms with Crippen LogP contribution in [-0.4, -0.2) is 16.3 Å². The predicted molar refractivity (Wildman–Crippen MR) is 70.1 cm³/mol. The van der Waals surface area contributed by atoms with E-state index in [1.807, 2.05) is 0 Å². The highest BCUT2D eigenvalue weighted by atomic mass is 32.1. The molecule has 6 heteroatoms. The molecular formula is C11H18N4OS. The fourth-order valence-corrected chi connectivity index (χ4v) is 3.24. The van der Waals surface area contributed by atoms with Gasteiger partial charge in [0, 0.05) is 6.04 Å². The highest BCUT2D eigenvalue weighted by molar-refractivity contribution is 7.11. The molecule has 1 fully saturated rings. The van der Waals surface area contributed by atoms with Crippen LogP contribution in [0.2, 0.25) is 0 Å². The van der Waals surface area contributed by atoms with Crippen molar-refractivity contribution in [1.29, 1.82) is 0 Å². The lowest BCUT2D eigenvalue weighted by molar-refractivity contribution is 0.100. The number of anilines is 2. The lowest BCUT2D eigenvalue weighted by atomic mass is 10.00. The van der Waals surface area contributed by atoms with Crippen molar-refractivity contribution >= 4 is 28.3 Å². The van der Waals surface area contributed by atoms with Crippen LogP contribution in [0.1, 0.15) is 43.0 Å². The van der Waals surface area contributed by atoms with Crippen molar-refractivity contribution in [3.8, 4) is 0 Å². The minimum Gasteiger partial charge on any atom is -0.382 e. The number of primary amides is 1. The number of carbonyl (C=O) groups excluding carboxylic acids is 1. The van der Waals surface area contributed by atoms with E-state index >= 15 is 0 Å². The van der Waals surface area contributed by atoms with E-state index in [4.69, 9.17) is 11.5 Å². The summed E-state index contributed by atoms with van der Waals surface area (Å²) in [6.07, 6.45) is 5.08. The molecule has 0 radical (unpaired) electrons. The van der Waals surface area contributed by atoms with E-state index in [2.05, 4.69) is 16.6 Å². The van der Waals surface area contributed by atoms with Crippen molar-refractivity contribution in [2.75, 3.05) is 11.1 Å². The van der Waals surface area contributed by atoms with Crippen molar-refractivity contribution in [2.24, 2.45) is 11.7 Å². The van der Waals surface area contributed by atoms with E-state index in [1.165, 1.54) is 37.2 Å². The Bertz CT molecular complexity index is 412. The average molecular weight is 254 g/mol. The van der Waals surface area contributed by atoms with Gasteiger partial charge in [0.15, 0.2) is 5.82 Å². The van der Waals surface area contributed by atoms with Crippen LogP contribution >= 0.6 is 11.5 Å². The van der Waals surface area contributed by atoms with Gasteiger partial charge in [-0.3, -0.25) is 4.79 Å². The molecule has 1 saturated carbocycles. The molecule has 1 aromatic heterocycles. The van der Waals surface area contributed by atoms with Gasteiger partial charge in [-0.25, -0.2) is 0 Å². The highest BCUT2D eigenvalue weighted by Gasteiger charge is 2.24. The van der Waals surface area contributed by atoms with Crippen molar-refractivity contribution in [1.82, 2.24) is 4.37 Å². The first-order chi connectivity index (χ1) is 8.09. The molecule has 0 aliphatic heterocycles. The van der Waals surface area contributed by atoms with Crippen molar-refractivity contribution in [2.45, 2.75) is 38.6 Å². The van der Waals surface area contributed by atoms with Gasteiger partial charge in [0.25, 0.3) is 5.91 Å². The van der Waals surface area contributed by atoms with Crippen LogP contribution in [0.15, 0.2) is 0 Å². The molecular weight excluding hydrogens is 236 g/mol. The summed E-state index contributed by atoms with van der Waals surface area (Å²) < 4.78 is 3.97. The summed E-state index contributed by atoms with van der Waals surface area (Å²) in [5.41, 5.74) is 11.3. The average Bonchev–Trinajstić information content (AvgIpc) is 2.87. The Morgan fingerprint density at radius 2 is 2.18 bits per heavy atom. The predicted octanol–water partition coefficient (Wildman–Crippen LogP) is 1.81. The van der Waals surface area contributed by atoms with Crippen LogP contribution in [-0.2, 0) is 0 Å². The Labute approximate surface area is 105 Å². The standard InChI is InChI=1S/C11H18N4OS/c1-6(7-4-2-3-5-7)14-11-8(10(13)16)9(12)15-17-11/h6-7,14H,2-5H2,1H3,(H2,12,15)(H2,13,16). The smallest absolute Gasteiger partial charge is 0.255 e. The van der Waals surface area contributed by atoms with Gasteiger partial charge in [0.05, 0.1) is 0 Å². The van der Waals surface area contributed by atoms with E-state index in [0.717, 1.165) is 0 Å². The SMILES string of the molecule is CC(Nc1snc(N)c1C(N)=O)C1CCCC1. The lowest BCUT2D eigenvalue weighted by Crippen LogP contribution is -2.25. The summed E-state index contributed by atoms with van der Waals surface area (Å²) in [4.78, 5) is 11.3. The Hall–Kier alpha value is -1.30. The number of aromatic nitrogens is 1. The summed E-state index contributed by atoms with van der Waals surface area (Å²) in [7, 11) is 0. The molecule has 1 aliphatic carbocycles. The largest absolute Gasteiger partial charge is 0.382 e. The highest BCUT2D eigenvalue weighted by Crippen LogP contribution is 2.32. The van der Waals surface area contributed by atoms with Crippen molar-refractivity contribution in [3.05, 3.63) is 5.56 Å². The Morgan fingerprint density at radius 1 is 1.53 bits per heavy atom. The topological polar surface area (TPSA) is 94.0 Å². The van der Waals surface area contributed by atoms with Gasteiger partial charge in [0.1, 0.15) is 10.6 Å². The zero-order valence-electron chi connectivity index (χ0n) is 9.90.